The van der Waals surface area contributed by atoms with Gasteiger partial charge in [-0.05, 0) is 19.3 Å². The standard InChI is InChI=1S/C18H25N15/c1-8-9(2)32(31-23-8)15-22-13(24-27-15)21-14-25-28-16(29-26-14)33-12(19)20-11(30-33)10-7-17(3,4)18(10,5)6/h7-9H,1-6H3,(H2,19,20,30)(H2,21,22,24,25,26,27). The maximum atomic E-state index is 6.06. The topological polar surface area (TPSA) is 190 Å². The molecule has 2 atom stereocenters. The number of hydrogen-bond acceptors (Lipinski definition) is 13. The summed E-state index contributed by atoms with van der Waals surface area (Å²) < 4.78 is 1.31. The smallest absolute Gasteiger partial charge is 0.292 e. The Hall–Kier alpha value is -4.04. The van der Waals surface area contributed by atoms with Crippen LogP contribution in [0.25, 0.3) is 11.5 Å². The number of nitrogen functional groups attached to an aromatic ring is 1. The number of hydrogen-bond donors (Lipinski definition) is 3. The molecular formula is C18H25N15. The van der Waals surface area contributed by atoms with Crippen LogP contribution in [-0.2, 0) is 0 Å². The fourth-order valence-corrected chi connectivity index (χ4v) is 3.54. The number of H-pyrrole nitrogens is 1. The Morgan fingerprint density at radius 1 is 1.03 bits per heavy atom. The average molecular weight is 452 g/mol. The molecule has 1 aliphatic carbocycles. The van der Waals surface area contributed by atoms with Gasteiger partial charge < -0.3 is 5.73 Å². The van der Waals surface area contributed by atoms with Gasteiger partial charge in [0, 0.05) is 11.0 Å². The van der Waals surface area contributed by atoms with Crippen LogP contribution in [0, 0.1) is 10.8 Å². The number of aromatic nitrogens is 10. The van der Waals surface area contributed by atoms with E-state index in [0.717, 1.165) is 5.57 Å². The van der Waals surface area contributed by atoms with Crippen molar-refractivity contribution in [2.24, 2.45) is 21.2 Å². The minimum Gasteiger partial charge on any atom is -0.368 e. The maximum Gasteiger partial charge on any atom is 0.292 e. The lowest BCUT2D eigenvalue weighted by Crippen LogP contribution is -2.40. The molecule has 4 N–H and O–H groups in total. The van der Waals surface area contributed by atoms with Gasteiger partial charge >= 0.3 is 0 Å². The predicted octanol–water partition coefficient (Wildman–Crippen LogP) is 1.70. The molecule has 3 aromatic rings. The molecule has 0 saturated heterocycles. The number of rotatable bonds is 5. The molecule has 3 aromatic heterocycles. The highest BCUT2D eigenvalue weighted by molar-refractivity contribution is 5.74. The molecule has 0 spiro atoms. The van der Waals surface area contributed by atoms with Crippen molar-refractivity contribution in [1.29, 1.82) is 0 Å². The van der Waals surface area contributed by atoms with Crippen molar-refractivity contribution >= 4 is 29.4 Å². The fourth-order valence-electron chi connectivity index (χ4n) is 3.54. The van der Waals surface area contributed by atoms with E-state index in [1.54, 1.807) is 5.01 Å². The van der Waals surface area contributed by atoms with Crippen molar-refractivity contribution in [3.05, 3.63) is 11.9 Å². The van der Waals surface area contributed by atoms with Gasteiger partial charge in [0.15, 0.2) is 5.82 Å². The molecular weight excluding hydrogens is 426 g/mol. The summed E-state index contributed by atoms with van der Waals surface area (Å²) in [6.45, 7) is 12.6. The summed E-state index contributed by atoms with van der Waals surface area (Å²) in [5.74, 6) is 1.61. The Labute approximate surface area is 189 Å². The number of allylic oxidation sites excluding steroid dienone is 2. The molecule has 33 heavy (non-hydrogen) atoms. The Morgan fingerprint density at radius 2 is 1.76 bits per heavy atom. The van der Waals surface area contributed by atoms with Crippen LogP contribution < -0.4 is 16.1 Å². The molecule has 2 unspecified atom stereocenters. The Morgan fingerprint density at radius 3 is 2.36 bits per heavy atom. The van der Waals surface area contributed by atoms with E-state index in [-0.39, 0.29) is 40.8 Å². The van der Waals surface area contributed by atoms with E-state index < -0.39 is 0 Å². The molecule has 15 nitrogen and oxygen atoms in total. The molecule has 0 saturated carbocycles. The molecule has 15 heteroatoms. The zero-order valence-electron chi connectivity index (χ0n) is 19.2. The lowest BCUT2D eigenvalue weighted by atomic mass is 9.54. The van der Waals surface area contributed by atoms with Crippen LogP contribution >= 0.6 is 0 Å². The molecule has 172 valence electrons. The van der Waals surface area contributed by atoms with Crippen LogP contribution in [0.4, 0.5) is 23.8 Å². The van der Waals surface area contributed by atoms with Crippen LogP contribution in [0.15, 0.2) is 16.4 Å². The van der Waals surface area contributed by atoms with Gasteiger partial charge in [0.2, 0.25) is 11.9 Å². The van der Waals surface area contributed by atoms with Gasteiger partial charge in [-0.25, -0.2) is 10.1 Å². The largest absolute Gasteiger partial charge is 0.368 e. The number of nitrogens with one attached hydrogen (secondary N) is 2. The zero-order valence-corrected chi connectivity index (χ0v) is 19.2. The minimum atomic E-state index is -0.0844. The zero-order chi connectivity index (χ0) is 23.5. The van der Waals surface area contributed by atoms with Crippen molar-refractivity contribution in [2.45, 2.75) is 53.6 Å². The molecule has 0 amide bonds. The monoisotopic (exact) mass is 451 g/mol. The minimum absolute atomic E-state index is 0.0456. The van der Waals surface area contributed by atoms with Gasteiger partial charge in [0.05, 0.1) is 12.1 Å². The molecule has 0 bridgehead atoms. The summed E-state index contributed by atoms with van der Waals surface area (Å²) in [7, 11) is 0. The Kier molecular flexibility index (Phi) is 4.41. The van der Waals surface area contributed by atoms with Gasteiger partial charge in [0.25, 0.3) is 17.8 Å². The van der Waals surface area contributed by atoms with Crippen LogP contribution in [-0.4, -0.2) is 62.4 Å². The molecule has 0 radical (unpaired) electrons. The van der Waals surface area contributed by atoms with Crippen LogP contribution in [0.1, 0.15) is 47.4 Å². The number of aromatic amines is 1. The fraction of sp³-hybridized carbons (Fsp3) is 0.556. The van der Waals surface area contributed by atoms with Gasteiger partial charge in [-0.2, -0.15) is 19.8 Å². The lowest BCUT2D eigenvalue weighted by molar-refractivity contribution is 0.206. The van der Waals surface area contributed by atoms with Gasteiger partial charge in [-0.3, -0.25) is 5.32 Å². The Bertz CT molecular complexity index is 1250. The summed E-state index contributed by atoms with van der Waals surface area (Å²) in [6, 6.07) is 0.116. The van der Waals surface area contributed by atoms with Crippen molar-refractivity contribution in [3.63, 3.8) is 0 Å². The predicted molar refractivity (Wildman–Crippen MR) is 118 cm³/mol. The first-order valence-corrected chi connectivity index (χ1v) is 10.5. The average Bonchev–Trinajstić information content (AvgIpc) is 3.47. The number of anilines is 4. The van der Waals surface area contributed by atoms with Gasteiger partial charge in [-0.1, -0.05) is 39.0 Å². The highest BCUT2D eigenvalue weighted by Crippen LogP contribution is 2.58. The van der Waals surface area contributed by atoms with Crippen molar-refractivity contribution in [2.75, 3.05) is 16.1 Å². The summed E-state index contributed by atoms with van der Waals surface area (Å²) >= 11 is 0. The lowest BCUT2D eigenvalue weighted by Gasteiger charge is -2.49. The van der Waals surface area contributed by atoms with E-state index in [2.05, 4.69) is 95.1 Å². The molecule has 0 aromatic carbocycles. The second-order valence-corrected chi connectivity index (χ2v) is 9.27. The Balaban J connectivity index is 1.31. The van der Waals surface area contributed by atoms with Gasteiger partial charge in [-0.15, -0.1) is 30.6 Å². The summed E-state index contributed by atoms with van der Waals surface area (Å²) in [5, 5.41) is 40.3. The number of nitrogens with zero attached hydrogens (tertiary/aromatic N) is 12. The second kappa shape index (κ2) is 6.98. The van der Waals surface area contributed by atoms with E-state index in [9.17, 15) is 0 Å². The third-order valence-corrected chi connectivity index (χ3v) is 6.64. The van der Waals surface area contributed by atoms with Crippen molar-refractivity contribution in [1.82, 2.24) is 50.3 Å². The van der Waals surface area contributed by atoms with E-state index in [1.165, 1.54) is 4.68 Å². The normalized spacial score (nSPS) is 22.8. The molecule has 2 aliphatic rings. The third-order valence-electron chi connectivity index (χ3n) is 6.64. The summed E-state index contributed by atoms with van der Waals surface area (Å²) in [6.07, 6.45) is 2.15. The van der Waals surface area contributed by atoms with E-state index in [4.69, 9.17) is 5.73 Å². The van der Waals surface area contributed by atoms with Gasteiger partial charge in [0.1, 0.15) is 0 Å². The SMILES string of the molecule is CC1N=NN(c2n[nH]c(Nc3nnc(-n4nc(C5=CC(C)(C)C5(C)C)nc4N)nn3)n2)C1C. The molecule has 0 fully saturated rings. The molecule has 5 rings (SSSR count). The maximum absolute atomic E-state index is 6.06. The molecule has 1 aliphatic heterocycles. The first-order chi connectivity index (χ1) is 15.6. The van der Waals surface area contributed by atoms with E-state index in [1.807, 2.05) is 13.8 Å². The third kappa shape index (κ3) is 3.27. The van der Waals surface area contributed by atoms with Crippen molar-refractivity contribution < 1.29 is 0 Å². The molecule has 4 heterocycles. The highest BCUT2D eigenvalue weighted by atomic mass is 15.6. The second-order valence-electron chi connectivity index (χ2n) is 9.27. The van der Waals surface area contributed by atoms with Crippen LogP contribution in [0.3, 0.4) is 0 Å². The summed E-state index contributed by atoms with van der Waals surface area (Å²) in [4.78, 5) is 8.71. The quantitative estimate of drug-likeness (QED) is 0.511. The summed E-state index contributed by atoms with van der Waals surface area (Å²) in [5.41, 5.74) is 7.05. The highest BCUT2D eigenvalue weighted by Gasteiger charge is 2.48. The van der Waals surface area contributed by atoms with Crippen molar-refractivity contribution in [3.8, 4) is 5.95 Å². The van der Waals surface area contributed by atoms with Crippen LogP contribution in [0.5, 0.6) is 0 Å². The first kappa shape index (κ1) is 20.8. The van der Waals surface area contributed by atoms with Crippen LogP contribution in [0.2, 0.25) is 0 Å². The first-order valence-electron chi connectivity index (χ1n) is 10.5. The van der Waals surface area contributed by atoms with E-state index in [0.29, 0.717) is 17.7 Å². The number of nitrogens with two attached hydrogens (primary N) is 1. The van der Waals surface area contributed by atoms with E-state index >= 15 is 0 Å².